The molecule has 21 heavy (non-hydrogen) atoms. The molecule has 0 spiro atoms. The molecule has 2 heterocycles. The maximum atomic E-state index is 11.9. The van der Waals surface area contributed by atoms with Crippen LogP contribution in [0.2, 0.25) is 0 Å². The Bertz CT molecular complexity index is 588. The van der Waals surface area contributed by atoms with E-state index in [1.165, 1.54) is 11.3 Å². The van der Waals surface area contributed by atoms with Gasteiger partial charge < -0.3 is 10.4 Å². The van der Waals surface area contributed by atoms with Gasteiger partial charge in [-0.2, -0.15) is 0 Å². The molecule has 2 aromatic heterocycles. The number of thiazole rings is 1. The molecule has 0 aliphatic rings. The van der Waals surface area contributed by atoms with E-state index in [1.807, 2.05) is 22.9 Å². The van der Waals surface area contributed by atoms with Gasteiger partial charge in [-0.25, -0.2) is 4.98 Å². The van der Waals surface area contributed by atoms with E-state index in [0.717, 1.165) is 10.6 Å². The molecule has 0 atom stereocenters. The fourth-order valence-electron chi connectivity index (χ4n) is 1.99. The number of anilines is 1. The number of hydrogen-bond donors (Lipinski definition) is 2. The lowest BCUT2D eigenvalue weighted by atomic mass is 10.1. The molecular formula is C14H19N3O2S2. The molecule has 2 aromatic rings. The molecule has 0 saturated carbocycles. The monoisotopic (exact) mass is 325 g/mol. The molecule has 2 N–H and O–H groups in total. The van der Waals surface area contributed by atoms with Crippen LogP contribution < -0.4 is 5.32 Å². The smallest absolute Gasteiger partial charge is 0.240 e. The van der Waals surface area contributed by atoms with Crippen LogP contribution >= 0.6 is 22.7 Å². The van der Waals surface area contributed by atoms with Crippen LogP contribution in [0.15, 0.2) is 22.9 Å². The van der Waals surface area contributed by atoms with Crippen molar-refractivity contribution in [3.63, 3.8) is 0 Å². The third-order valence-electron chi connectivity index (χ3n) is 2.59. The van der Waals surface area contributed by atoms with Gasteiger partial charge >= 0.3 is 0 Å². The predicted molar refractivity (Wildman–Crippen MR) is 87.9 cm³/mol. The summed E-state index contributed by atoms with van der Waals surface area (Å²) in [6.45, 7) is 4.09. The average molecular weight is 325 g/mol. The number of carbonyl (C=O) groups excluding carboxylic acids is 1. The van der Waals surface area contributed by atoms with Crippen molar-refractivity contribution in [1.29, 1.82) is 0 Å². The second-order valence-electron chi connectivity index (χ2n) is 5.55. The first-order chi connectivity index (χ1) is 9.83. The van der Waals surface area contributed by atoms with E-state index in [1.54, 1.807) is 37.1 Å². The van der Waals surface area contributed by atoms with Crippen LogP contribution in [0, 0.1) is 0 Å². The molecule has 0 aromatic carbocycles. The van der Waals surface area contributed by atoms with Crippen molar-refractivity contribution in [3.8, 4) is 10.6 Å². The van der Waals surface area contributed by atoms with Gasteiger partial charge in [-0.3, -0.25) is 9.69 Å². The van der Waals surface area contributed by atoms with E-state index < -0.39 is 5.60 Å². The molecule has 114 valence electrons. The van der Waals surface area contributed by atoms with Gasteiger partial charge in [0.15, 0.2) is 5.13 Å². The summed E-state index contributed by atoms with van der Waals surface area (Å²) in [6.07, 6.45) is 0. The number of rotatable bonds is 6. The Hall–Kier alpha value is -1.28. The Morgan fingerprint density at radius 2 is 2.24 bits per heavy atom. The number of nitrogens with zero attached hydrogens (tertiary/aromatic N) is 2. The lowest BCUT2D eigenvalue weighted by Crippen LogP contribution is -2.40. The fourth-order valence-corrected chi connectivity index (χ4v) is 3.48. The molecule has 0 fully saturated rings. The Morgan fingerprint density at radius 3 is 2.86 bits per heavy atom. The van der Waals surface area contributed by atoms with Gasteiger partial charge in [0.2, 0.25) is 5.91 Å². The van der Waals surface area contributed by atoms with E-state index in [-0.39, 0.29) is 12.5 Å². The third kappa shape index (κ3) is 5.20. The maximum Gasteiger partial charge on any atom is 0.240 e. The molecule has 0 bridgehead atoms. The second-order valence-corrected chi connectivity index (χ2v) is 7.35. The van der Waals surface area contributed by atoms with Crippen molar-refractivity contribution in [1.82, 2.24) is 9.88 Å². The van der Waals surface area contributed by atoms with Crippen LogP contribution in [0.25, 0.3) is 10.6 Å². The summed E-state index contributed by atoms with van der Waals surface area (Å²) >= 11 is 3.03. The summed E-state index contributed by atoms with van der Waals surface area (Å²) in [6, 6.07) is 3.98. The van der Waals surface area contributed by atoms with Crippen LogP contribution in [-0.2, 0) is 4.79 Å². The third-order valence-corrected chi connectivity index (χ3v) is 4.24. The van der Waals surface area contributed by atoms with Gasteiger partial charge in [-0.05, 0) is 32.3 Å². The van der Waals surface area contributed by atoms with Crippen molar-refractivity contribution >= 4 is 33.7 Å². The number of amides is 1. The average Bonchev–Trinajstić information content (AvgIpc) is 2.94. The van der Waals surface area contributed by atoms with Gasteiger partial charge in [-0.1, -0.05) is 6.07 Å². The summed E-state index contributed by atoms with van der Waals surface area (Å²) in [5.41, 5.74) is 0.0675. The Kier molecular flexibility index (Phi) is 5.10. The number of likely N-dealkylation sites (N-methyl/N-ethyl adjacent to an activating group) is 1. The summed E-state index contributed by atoms with van der Waals surface area (Å²) in [7, 11) is 1.80. The van der Waals surface area contributed by atoms with Crippen molar-refractivity contribution < 1.29 is 9.90 Å². The highest BCUT2D eigenvalue weighted by Gasteiger charge is 2.18. The minimum absolute atomic E-state index is 0.131. The van der Waals surface area contributed by atoms with E-state index in [2.05, 4.69) is 10.3 Å². The van der Waals surface area contributed by atoms with Gasteiger partial charge in [-0.15, -0.1) is 22.7 Å². The SMILES string of the molecule is CN(CC(=O)Nc1nc(-c2cccs2)cs1)CC(C)(C)O. The molecule has 0 aliphatic carbocycles. The van der Waals surface area contributed by atoms with Gasteiger partial charge in [0.05, 0.1) is 22.7 Å². The molecule has 0 radical (unpaired) electrons. The Balaban J connectivity index is 1.89. The van der Waals surface area contributed by atoms with E-state index in [4.69, 9.17) is 0 Å². The zero-order chi connectivity index (χ0) is 15.5. The van der Waals surface area contributed by atoms with Crippen LogP contribution in [-0.4, -0.2) is 46.6 Å². The number of carbonyl (C=O) groups is 1. The summed E-state index contributed by atoms with van der Waals surface area (Å²) < 4.78 is 0. The zero-order valence-electron chi connectivity index (χ0n) is 12.3. The number of thiophene rings is 1. The summed E-state index contributed by atoms with van der Waals surface area (Å²) in [5.74, 6) is -0.131. The quantitative estimate of drug-likeness (QED) is 0.856. The first-order valence-electron chi connectivity index (χ1n) is 6.54. The lowest BCUT2D eigenvalue weighted by Gasteiger charge is -2.24. The van der Waals surface area contributed by atoms with Crippen LogP contribution in [0.1, 0.15) is 13.8 Å². The standard InChI is InChI=1S/C14H19N3O2S2/c1-14(2,19)9-17(3)7-12(18)16-13-15-10(8-21-13)11-5-4-6-20-11/h4-6,8,19H,7,9H2,1-3H3,(H,15,16,18). The lowest BCUT2D eigenvalue weighted by molar-refractivity contribution is -0.117. The number of aromatic nitrogens is 1. The van der Waals surface area contributed by atoms with E-state index in [9.17, 15) is 9.90 Å². The highest BCUT2D eigenvalue weighted by molar-refractivity contribution is 7.16. The molecular weight excluding hydrogens is 306 g/mol. The largest absolute Gasteiger partial charge is 0.389 e. The van der Waals surface area contributed by atoms with Crippen LogP contribution in [0.3, 0.4) is 0 Å². The molecule has 0 unspecified atom stereocenters. The van der Waals surface area contributed by atoms with Gasteiger partial charge in [0.1, 0.15) is 0 Å². The van der Waals surface area contributed by atoms with Crippen molar-refractivity contribution in [2.24, 2.45) is 0 Å². The van der Waals surface area contributed by atoms with E-state index >= 15 is 0 Å². The Morgan fingerprint density at radius 1 is 1.48 bits per heavy atom. The maximum absolute atomic E-state index is 11.9. The normalized spacial score (nSPS) is 11.9. The Labute approximate surface area is 132 Å². The van der Waals surface area contributed by atoms with E-state index in [0.29, 0.717) is 11.7 Å². The number of hydrogen-bond acceptors (Lipinski definition) is 6. The molecule has 0 saturated heterocycles. The number of aliphatic hydroxyl groups is 1. The highest BCUT2D eigenvalue weighted by Crippen LogP contribution is 2.28. The molecule has 2 rings (SSSR count). The fraction of sp³-hybridized carbons (Fsp3) is 0.429. The minimum Gasteiger partial charge on any atom is -0.389 e. The molecule has 0 aliphatic heterocycles. The summed E-state index contributed by atoms with van der Waals surface area (Å²) in [5, 5.41) is 17.0. The highest BCUT2D eigenvalue weighted by atomic mass is 32.1. The van der Waals surface area contributed by atoms with Gasteiger partial charge in [0.25, 0.3) is 0 Å². The topological polar surface area (TPSA) is 65.5 Å². The predicted octanol–water partition coefficient (Wildman–Crippen LogP) is 2.51. The summed E-state index contributed by atoms with van der Waals surface area (Å²) in [4.78, 5) is 19.2. The van der Waals surface area contributed by atoms with Crippen LogP contribution in [0.4, 0.5) is 5.13 Å². The first-order valence-corrected chi connectivity index (χ1v) is 8.29. The number of nitrogens with one attached hydrogen (secondary N) is 1. The van der Waals surface area contributed by atoms with Gasteiger partial charge in [0, 0.05) is 11.9 Å². The zero-order valence-corrected chi connectivity index (χ0v) is 13.9. The van der Waals surface area contributed by atoms with Crippen molar-refractivity contribution in [2.45, 2.75) is 19.4 Å². The molecule has 1 amide bonds. The molecule has 5 nitrogen and oxygen atoms in total. The second kappa shape index (κ2) is 6.65. The minimum atomic E-state index is -0.817. The first kappa shape index (κ1) is 16.1. The van der Waals surface area contributed by atoms with Crippen LogP contribution in [0.5, 0.6) is 0 Å². The van der Waals surface area contributed by atoms with Crippen molar-refractivity contribution in [2.75, 3.05) is 25.5 Å². The van der Waals surface area contributed by atoms with Crippen molar-refractivity contribution in [3.05, 3.63) is 22.9 Å². The molecule has 7 heteroatoms.